The van der Waals surface area contributed by atoms with E-state index in [-0.39, 0.29) is 23.6 Å². The summed E-state index contributed by atoms with van der Waals surface area (Å²) < 4.78 is 9.07. The highest BCUT2D eigenvalue weighted by molar-refractivity contribution is 6.01. The monoisotopic (exact) mass is 415 g/mol. The lowest BCUT2D eigenvalue weighted by molar-refractivity contribution is -0.121. The molecule has 3 heterocycles. The largest absolute Gasteiger partial charge is 0.448 e. The number of fused-ring (bicyclic) bond motifs is 4. The summed E-state index contributed by atoms with van der Waals surface area (Å²) in [5.74, 6) is 0.705. The van der Waals surface area contributed by atoms with Crippen molar-refractivity contribution in [2.75, 3.05) is 6.54 Å². The van der Waals surface area contributed by atoms with Gasteiger partial charge in [-0.3, -0.25) is 14.2 Å². The van der Waals surface area contributed by atoms with Crippen molar-refractivity contribution in [1.29, 1.82) is 0 Å². The predicted octanol–water partition coefficient (Wildman–Crippen LogP) is 3.01. The number of nitrogens with one attached hydrogen (secondary N) is 1. The first-order chi connectivity index (χ1) is 15.1. The van der Waals surface area contributed by atoms with Gasteiger partial charge in [0.2, 0.25) is 11.5 Å². The van der Waals surface area contributed by atoms with Gasteiger partial charge < -0.3 is 14.3 Å². The molecule has 0 aliphatic heterocycles. The van der Waals surface area contributed by atoms with Crippen LogP contribution >= 0.6 is 0 Å². The van der Waals surface area contributed by atoms with Crippen molar-refractivity contribution in [2.24, 2.45) is 0 Å². The zero-order chi connectivity index (χ0) is 21.4. The molecule has 1 amide bonds. The number of hydrogen-bond acceptors (Lipinski definition) is 5. The van der Waals surface area contributed by atoms with Crippen LogP contribution in [0, 0.1) is 6.92 Å². The Morgan fingerprint density at radius 2 is 1.94 bits per heavy atom. The number of carbonyl (C=O) groups excluding carboxylic acids is 1. The Bertz CT molecular complexity index is 1480. The van der Waals surface area contributed by atoms with E-state index < -0.39 is 0 Å². The fourth-order valence-corrected chi connectivity index (χ4v) is 3.88. The molecule has 0 radical (unpaired) electrons. The Kier molecular flexibility index (Phi) is 4.74. The number of imidazole rings is 1. The van der Waals surface area contributed by atoms with Crippen LogP contribution in [-0.4, -0.2) is 31.6 Å². The van der Waals surface area contributed by atoms with Crippen LogP contribution in [0.4, 0.5) is 0 Å². The second-order valence-electron chi connectivity index (χ2n) is 7.46. The van der Waals surface area contributed by atoms with Crippen LogP contribution in [0.25, 0.3) is 33.1 Å². The number of aromatic nitrogens is 4. The van der Waals surface area contributed by atoms with Crippen LogP contribution in [0.15, 0.2) is 64.1 Å². The molecule has 0 saturated heterocycles. The van der Waals surface area contributed by atoms with Gasteiger partial charge in [0, 0.05) is 18.5 Å². The van der Waals surface area contributed by atoms with Crippen molar-refractivity contribution in [3.8, 4) is 0 Å². The predicted molar refractivity (Wildman–Crippen MR) is 118 cm³/mol. The molecule has 31 heavy (non-hydrogen) atoms. The van der Waals surface area contributed by atoms with E-state index in [0.717, 1.165) is 35.2 Å². The van der Waals surface area contributed by atoms with Gasteiger partial charge in [-0.05, 0) is 37.6 Å². The summed E-state index contributed by atoms with van der Waals surface area (Å²) in [6.45, 7) is 3.12. The highest BCUT2D eigenvalue weighted by Gasteiger charge is 2.14. The molecule has 2 aromatic carbocycles. The summed E-state index contributed by atoms with van der Waals surface area (Å²) in [6.07, 6.45) is 2.15. The molecule has 8 heteroatoms. The summed E-state index contributed by atoms with van der Waals surface area (Å²) in [4.78, 5) is 34.0. The van der Waals surface area contributed by atoms with Crippen molar-refractivity contribution < 1.29 is 9.21 Å². The molecule has 0 aliphatic rings. The van der Waals surface area contributed by atoms with Crippen LogP contribution in [0.3, 0.4) is 0 Å². The molecule has 8 nitrogen and oxygen atoms in total. The van der Waals surface area contributed by atoms with E-state index in [0.29, 0.717) is 17.6 Å². The van der Waals surface area contributed by atoms with Gasteiger partial charge in [0.15, 0.2) is 0 Å². The van der Waals surface area contributed by atoms with Crippen LogP contribution in [0.1, 0.15) is 12.2 Å². The maximum absolute atomic E-state index is 12.7. The average molecular weight is 415 g/mol. The lowest BCUT2D eigenvalue weighted by Crippen LogP contribution is -2.33. The van der Waals surface area contributed by atoms with Gasteiger partial charge in [0.1, 0.15) is 23.5 Å². The lowest BCUT2D eigenvalue weighted by atomic mass is 10.2. The molecule has 0 bridgehead atoms. The summed E-state index contributed by atoms with van der Waals surface area (Å²) in [5, 5.41) is 3.66. The Hall–Kier alpha value is -3.94. The Balaban J connectivity index is 1.23. The van der Waals surface area contributed by atoms with E-state index in [4.69, 9.17) is 4.42 Å². The number of benzene rings is 2. The molecule has 0 spiro atoms. The van der Waals surface area contributed by atoms with Crippen LogP contribution in [0.2, 0.25) is 0 Å². The topological polar surface area (TPSA) is 95.0 Å². The molecule has 5 aromatic rings. The summed E-state index contributed by atoms with van der Waals surface area (Å²) in [7, 11) is 0. The third-order valence-electron chi connectivity index (χ3n) is 5.39. The third-order valence-corrected chi connectivity index (χ3v) is 5.39. The smallest absolute Gasteiger partial charge is 0.297 e. The lowest BCUT2D eigenvalue weighted by Gasteiger charge is -2.09. The van der Waals surface area contributed by atoms with Crippen molar-refractivity contribution in [3.05, 3.63) is 71.0 Å². The van der Waals surface area contributed by atoms with E-state index >= 15 is 0 Å². The molecule has 0 aliphatic carbocycles. The molecule has 0 atom stereocenters. The molecule has 0 fully saturated rings. The molecular formula is C23H21N5O3. The summed E-state index contributed by atoms with van der Waals surface area (Å²) >= 11 is 0. The minimum Gasteiger partial charge on any atom is -0.448 e. The van der Waals surface area contributed by atoms with E-state index in [1.807, 2.05) is 49.4 Å². The maximum atomic E-state index is 12.7. The van der Waals surface area contributed by atoms with E-state index in [9.17, 15) is 9.59 Å². The third kappa shape index (κ3) is 3.46. The Labute approximate surface area is 177 Å². The van der Waals surface area contributed by atoms with Crippen molar-refractivity contribution >= 4 is 39.0 Å². The normalized spacial score (nSPS) is 11.5. The van der Waals surface area contributed by atoms with Crippen LogP contribution in [0.5, 0.6) is 0 Å². The standard InChI is InChI=1S/C23H21N5O3/c1-15-26-17-8-3-4-9-18(17)28(15)12-6-11-24-20(29)13-27-14-25-21-16-7-2-5-10-19(16)31-22(21)23(27)30/h2-5,7-10,14H,6,11-13H2,1H3,(H,24,29). The first-order valence-electron chi connectivity index (χ1n) is 10.2. The summed E-state index contributed by atoms with van der Waals surface area (Å²) in [6, 6.07) is 15.4. The first kappa shape index (κ1) is 19.0. The zero-order valence-corrected chi connectivity index (χ0v) is 17.0. The number of hydrogen-bond donors (Lipinski definition) is 1. The van der Waals surface area contributed by atoms with E-state index in [1.54, 1.807) is 6.07 Å². The maximum Gasteiger partial charge on any atom is 0.297 e. The highest BCUT2D eigenvalue weighted by Crippen LogP contribution is 2.24. The molecule has 0 saturated carbocycles. The van der Waals surface area contributed by atoms with Gasteiger partial charge in [0.05, 0.1) is 17.4 Å². The van der Waals surface area contributed by atoms with Gasteiger partial charge in [-0.1, -0.05) is 24.3 Å². The number of aryl methyl sites for hydroxylation is 2. The molecule has 3 aromatic heterocycles. The van der Waals surface area contributed by atoms with Gasteiger partial charge in [-0.15, -0.1) is 0 Å². The highest BCUT2D eigenvalue weighted by atomic mass is 16.3. The van der Waals surface area contributed by atoms with Gasteiger partial charge in [-0.2, -0.15) is 0 Å². The second-order valence-corrected chi connectivity index (χ2v) is 7.46. The summed E-state index contributed by atoms with van der Waals surface area (Å²) in [5.41, 5.74) is 2.97. The number of amides is 1. The fourth-order valence-electron chi connectivity index (χ4n) is 3.88. The molecule has 0 unspecified atom stereocenters. The Morgan fingerprint density at radius 1 is 1.13 bits per heavy atom. The number of furan rings is 1. The van der Waals surface area contributed by atoms with Crippen molar-refractivity contribution in [2.45, 2.75) is 26.4 Å². The quantitative estimate of drug-likeness (QED) is 0.430. The van der Waals surface area contributed by atoms with Gasteiger partial charge in [-0.25, -0.2) is 9.97 Å². The molecule has 156 valence electrons. The average Bonchev–Trinajstić information content (AvgIpc) is 3.31. The fraction of sp³-hybridized carbons (Fsp3) is 0.217. The Morgan fingerprint density at radius 3 is 2.84 bits per heavy atom. The first-order valence-corrected chi connectivity index (χ1v) is 10.2. The van der Waals surface area contributed by atoms with Gasteiger partial charge in [0.25, 0.3) is 5.56 Å². The van der Waals surface area contributed by atoms with Crippen molar-refractivity contribution in [1.82, 2.24) is 24.4 Å². The van der Waals surface area contributed by atoms with Crippen LogP contribution in [-0.2, 0) is 17.9 Å². The SMILES string of the molecule is Cc1nc2ccccc2n1CCCNC(=O)Cn1cnc2c(oc3ccccc32)c1=O. The zero-order valence-electron chi connectivity index (χ0n) is 17.0. The molecular weight excluding hydrogens is 394 g/mol. The number of nitrogens with zero attached hydrogens (tertiary/aromatic N) is 4. The number of rotatable bonds is 6. The number of para-hydroxylation sites is 3. The van der Waals surface area contributed by atoms with E-state index in [2.05, 4.69) is 19.9 Å². The minimum atomic E-state index is -0.364. The van der Waals surface area contributed by atoms with Crippen LogP contribution < -0.4 is 10.9 Å². The molecule has 1 N–H and O–H groups in total. The van der Waals surface area contributed by atoms with E-state index in [1.165, 1.54) is 10.9 Å². The minimum absolute atomic E-state index is 0.105. The molecule has 5 rings (SSSR count). The van der Waals surface area contributed by atoms with Crippen molar-refractivity contribution in [3.63, 3.8) is 0 Å². The second kappa shape index (κ2) is 7.71. The number of carbonyl (C=O) groups is 1. The van der Waals surface area contributed by atoms with Gasteiger partial charge >= 0.3 is 0 Å².